The highest BCUT2D eigenvalue weighted by molar-refractivity contribution is 7.18. The standard InChI is InChI=1S/C13H20N4OS/c1-9-10(2)19-13-11(9)12(16-8-17-13)15-5-4-14-6-7-18-3/h8,14H,4-7H2,1-3H3,(H,15,16,17). The molecule has 0 aliphatic rings. The van der Waals surface area contributed by atoms with Crippen LogP contribution in [0, 0.1) is 13.8 Å². The summed E-state index contributed by atoms with van der Waals surface area (Å²) in [4.78, 5) is 11.0. The fourth-order valence-corrected chi connectivity index (χ4v) is 2.88. The molecular weight excluding hydrogens is 260 g/mol. The van der Waals surface area contributed by atoms with Gasteiger partial charge in [0.2, 0.25) is 0 Å². The smallest absolute Gasteiger partial charge is 0.138 e. The number of nitrogens with one attached hydrogen (secondary N) is 2. The molecule has 0 radical (unpaired) electrons. The Bertz CT molecular complexity index is 541. The van der Waals surface area contributed by atoms with Gasteiger partial charge in [0.25, 0.3) is 0 Å². The first-order valence-electron chi connectivity index (χ1n) is 6.38. The summed E-state index contributed by atoms with van der Waals surface area (Å²) in [5, 5.41) is 7.82. The van der Waals surface area contributed by atoms with Gasteiger partial charge in [-0.1, -0.05) is 0 Å². The summed E-state index contributed by atoms with van der Waals surface area (Å²) in [7, 11) is 1.71. The lowest BCUT2D eigenvalue weighted by Gasteiger charge is -2.08. The molecular formula is C13H20N4OS. The molecule has 2 aromatic heterocycles. The third-order valence-electron chi connectivity index (χ3n) is 3.04. The lowest BCUT2D eigenvalue weighted by Crippen LogP contribution is -2.25. The van der Waals surface area contributed by atoms with Crippen LogP contribution in [-0.4, -0.2) is 43.3 Å². The zero-order chi connectivity index (χ0) is 13.7. The van der Waals surface area contributed by atoms with Crippen LogP contribution in [0.2, 0.25) is 0 Å². The summed E-state index contributed by atoms with van der Waals surface area (Å²) in [5.41, 5.74) is 1.27. The molecule has 0 aromatic carbocycles. The number of hydrogen-bond donors (Lipinski definition) is 2. The number of anilines is 1. The van der Waals surface area contributed by atoms with E-state index in [1.54, 1.807) is 24.8 Å². The maximum absolute atomic E-state index is 4.98. The van der Waals surface area contributed by atoms with Crippen LogP contribution in [0.15, 0.2) is 6.33 Å². The van der Waals surface area contributed by atoms with E-state index in [2.05, 4.69) is 34.4 Å². The Morgan fingerprint density at radius 2 is 2.05 bits per heavy atom. The molecule has 5 nitrogen and oxygen atoms in total. The van der Waals surface area contributed by atoms with Crippen molar-refractivity contribution in [3.8, 4) is 0 Å². The highest BCUT2D eigenvalue weighted by atomic mass is 32.1. The maximum atomic E-state index is 4.98. The Morgan fingerprint density at radius 3 is 2.84 bits per heavy atom. The molecule has 0 saturated carbocycles. The summed E-state index contributed by atoms with van der Waals surface area (Å²) in [6, 6.07) is 0. The Kier molecular flexibility index (Phi) is 5.07. The Labute approximate surface area is 117 Å². The van der Waals surface area contributed by atoms with Gasteiger partial charge in [-0.25, -0.2) is 9.97 Å². The molecule has 104 valence electrons. The minimum Gasteiger partial charge on any atom is -0.383 e. The molecule has 0 aliphatic carbocycles. The molecule has 0 fully saturated rings. The summed E-state index contributed by atoms with van der Waals surface area (Å²) >= 11 is 1.72. The van der Waals surface area contributed by atoms with Crippen molar-refractivity contribution in [1.82, 2.24) is 15.3 Å². The molecule has 2 heterocycles. The highest BCUT2D eigenvalue weighted by Gasteiger charge is 2.11. The Morgan fingerprint density at radius 1 is 1.21 bits per heavy atom. The van der Waals surface area contributed by atoms with Crippen molar-refractivity contribution >= 4 is 27.4 Å². The first kappa shape index (κ1) is 14.2. The fourth-order valence-electron chi connectivity index (χ4n) is 1.88. The third kappa shape index (κ3) is 3.40. The number of aryl methyl sites for hydroxylation is 2. The first-order chi connectivity index (χ1) is 9.24. The molecule has 19 heavy (non-hydrogen) atoms. The van der Waals surface area contributed by atoms with E-state index in [4.69, 9.17) is 4.74 Å². The van der Waals surface area contributed by atoms with Gasteiger partial charge in [-0.2, -0.15) is 0 Å². The van der Waals surface area contributed by atoms with Crippen LogP contribution in [-0.2, 0) is 4.74 Å². The average Bonchev–Trinajstić information content (AvgIpc) is 2.70. The van der Waals surface area contributed by atoms with E-state index in [-0.39, 0.29) is 0 Å². The van der Waals surface area contributed by atoms with Gasteiger partial charge in [0.15, 0.2) is 0 Å². The lowest BCUT2D eigenvalue weighted by atomic mass is 10.2. The van der Waals surface area contributed by atoms with Gasteiger partial charge < -0.3 is 15.4 Å². The molecule has 0 saturated heterocycles. The van der Waals surface area contributed by atoms with Crippen LogP contribution < -0.4 is 10.6 Å². The quantitative estimate of drug-likeness (QED) is 0.759. The predicted octanol–water partition coefficient (Wildman–Crippen LogP) is 1.96. The number of thiophene rings is 1. The van der Waals surface area contributed by atoms with Crippen molar-refractivity contribution in [3.05, 3.63) is 16.8 Å². The van der Waals surface area contributed by atoms with Crippen molar-refractivity contribution in [2.24, 2.45) is 0 Å². The minimum absolute atomic E-state index is 0.737. The molecule has 0 unspecified atom stereocenters. The molecule has 2 rings (SSSR count). The second-order valence-electron chi connectivity index (χ2n) is 4.36. The van der Waals surface area contributed by atoms with Crippen LogP contribution >= 0.6 is 11.3 Å². The van der Waals surface area contributed by atoms with Gasteiger partial charge in [-0.3, -0.25) is 0 Å². The highest BCUT2D eigenvalue weighted by Crippen LogP contribution is 2.32. The summed E-state index contributed by atoms with van der Waals surface area (Å²) in [6.45, 7) is 7.58. The molecule has 2 N–H and O–H groups in total. The van der Waals surface area contributed by atoms with Crippen molar-refractivity contribution < 1.29 is 4.74 Å². The molecule has 6 heteroatoms. The van der Waals surface area contributed by atoms with Gasteiger partial charge in [-0.05, 0) is 19.4 Å². The Hall–Kier alpha value is -1.24. The zero-order valence-corrected chi connectivity index (χ0v) is 12.4. The molecule has 0 bridgehead atoms. The number of methoxy groups -OCH3 is 1. The summed E-state index contributed by atoms with van der Waals surface area (Å²) in [5.74, 6) is 0.931. The number of nitrogens with zero attached hydrogens (tertiary/aromatic N) is 2. The van der Waals surface area contributed by atoms with Crippen molar-refractivity contribution in [2.45, 2.75) is 13.8 Å². The monoisotopic (exact) mass is 280 g/mol. The van der Waals surface area contributed by atoms with E-state index in [9.17, 15) is 0 Å². The van der Waals surface area contributed by atoms with E-state index >= 15 is 0 Å². The van der Waals surface area contributed by atoms with Crippen molar-refractivity contribution in [1.29, 1.82) is 0 Å². The van der Waals surface area contributed by atoms with E-state index in [1.165, 1.54) is 10.4 Å². The summed E-state index contributed by atoms with van der Waals surface area (Å²) in [6.07, 6.45) is 1.62. The minimum atomic E-state index is 0.737. The van der Waals surface area contributed by atoms with Gasteiger partial charge in [-0.15, -0.1) is 11.3 Å². The second kappa shape index (κ2) is 6.79. The molecule has 0 atom stereocenters. The van der Waals surface area contributed by atoms with E-state index in [0.29, 0.717) is 0 Å². The predicted molar refractivity (Wildman–Crippen MR) is 80.1 cm³/mol. The largest absolute Gasteiger partial charge is 0.383 e. The van der Waals surface area contributed by atoms with E-state index < -0.39 is 0 Å². The topological polar surface area (TPSA) is 59.1 Å². The maximum Gasteiger partial charge on any atom is 0.138 e. The molecule has 0 spiro atoms. The SMILES string of the molecule is COCCNCCNc1ncnc2sc(C)c(C)c12. The van der Waals surface area contributed by atoms with Crippen LogP contribution in [0.25, 0.3) is 10.2 Å². The number of rotatable bonds is 7. The summed E-state index contributed by atoms with van der Waals surface area (Å²) < 4.78 is 4.98. The number of ether oxygens (including phenoxy) is 1. The second-order valence-corrected chi connectivity index (χ2v) is 5.56. The third-order valence-corrected chi connectivity index (χ3v) is 4.16. The van der Waals surface area contributed by atoms with Gasteiger partial charge in [0.1, 0.15) is 17.0 Å². The molecule has 0 amide bonds. The average molecular weight is 280 g/mol. The number of aromatic nitrogens is 2. The lowest BCUT2D eigenvalue weighted by molar-refractivity contribution is 0.200. The van der Waals surface area contributed by atoms with E-state index in [0.717, 1.165) is 42.3 Å². The van der Waals surface area contributed by atoms with Gasteiger partial charge >= 0.3 is 0 Å². The van der Waals surface area contributed by atoms with E-state index in [1.807, 2.05) is 0 Å². The zero-order valence-electron chi connectivity index (χ0n) is 11.6. The van der Waals surface area contributed by atoms with Gasteiger partial charge in [0.05, 0.1) is 12.0 Å². The molecule has 0 aliphatic heterocycles. The first-order valence-corrected chi connectivity index (χ1v) is 7.20. The van der Waals surface area contributed by atoms with Crippen LogP contribution in [0.3, 0.4) is 0 Å². The van der Waals surface area contributed by atoms with Crippen LogP contribution in [0.4, 0.5) is 5.82 Å². The Balaban J connectivity index is 1.97. The van der Waals surface area contributed by atoms with Gasteiger partial charge in [0, 0.05) is 31.6 Å². The number of fused-ring (bicyclic) bond motifs is 1. The van der Waals surface area contributed by atoms with Crippen molar-refractivity contribution in [3.63, 3.8) is 0 Å². The number of hydrogen-bond acceptors (Lipinski definition) is 6. The fraction of sp³-hybridized carbons (Fsp3) is 0.538. The van der Waals surface area contributed by atoms with Crippen molar-refractivity contribution in [2.75, 3.05) is 38.7 Å². The normalized spacial score (nSPS) is 11.1. The van der Waals surface area contributed by atoms with Crippen LogP contribution in [0.5, 0.6) is 0 Å². The molecule has 2 aromatic rings. The van der Waals surface area contributed by atoms with Crippen LogP contribution in [0.1, 0.15) is 10.4 Å².